The van der Waals surface area contributed by atoms with Gasteiger partial charge >= 0.3 is 0 Å². The Morgan fingerprint density at radius 2 is 2.33 bits per heavy atom. The second-order valence-electron chi connectivity index (χ2n) is 1.77. The highest BCUT2D eigenvalue weighted by Gasteiger charge is 2.34. The molecule has 0 spiro atoms. The molecule has 4 heteroatoms. The van der Waals surface area contributed by atoms with Gasteiger partial charge in [-0.2, -0.15) is 0 Å². The van der Waals surface area contributed by atoms with Gasteiger partial charge in [-0.25, -0.2) is 0 Å². The van der Waals surface area contributed by atoms with E-state index in [-0.39, 0.29) is 25.8 Å². The van der Waals surface area contributed by atoms with Gasteiger partial charge < -0.3 is 5.32 Å². The molecule has 1 aliphatic rings. The van der Waals surface area contributed by atoms with Crippen molar-refractivity contribution < 1.29 is 9.59 Å². The average molecular weight is 144 g/mol. The van der Waals surface area contributed by atoms with E-state index in [1.807, 2.05) is 0 Å². The number of amides is 1. The molecule has 3 nitrogen and oxygen atoms in total. The molecule has 0 aliphatic carbocycles. The van der Waals surface area contributed by atoms with Gasteiger partial charge in [0.15, 0.2) is 0 Å². The van der Waals surface area contributed by atoms with Gasteiger partial charge in [0, 0.05) is 0 Å². The lowest BCUT2D eigenvalue weighted by molar-refractivity contribution is -0.111. The first kappa shape index (κ1) is 6.56. The fraction of sp³-hybridized carbons (Fsp3) is 0.400. The lowest BCUT2D eigenvalue weighted by Crippen LogP contribution is -2.27. The van der Waals surface area contributed by atoms with Gasteiger partial charge in [-0.05, 0) is 0 Å². The number of rotatable bonds is 1. The molecule has 1 rings (SSSR count). The Hall–Kier alpha value is -0.560. The predicted octanol–water partition coefficient (Wildman–Crippen LogP) is 0.507. The summed E-state index contributed by atoms with van der Waals surface area (Å²) in [6.07, 6.45) is 1.69. The Morgan fingerprint density at radius 3 is 2.56 bits per heavy atom. The molecule has 48 valence electrons. The van der Waals surface area contributed by atoms with E-state index in [4.69, 9.17) is 0 Å². The zero-order valence-corrected chi connectivity index (χ0v) is 5.97. The molecule has 1 fully saturated rings. The van der Waals surface area contributed by atoms with Gasteiger partial charge in [-0.1, -0.05) is 0 Å². The van der Waals surface area contributed by atoms with E-state index >= 15 is 0 Å². The van der Waals surface area contributed by atoms with Crippen molar-refractivity contribution in [2.24, 2.45) is 0 Å². The van der Waals surface area contributed by atoms with Crippen molar-refractivity contribution in [2.45, 2.75) is 13.0 Å². The molecule has 0 bridgehead atoms. The fourth-order valence-electron chi connectivity index (χ4n) is 0.667. The summed E-state index contributed by atoms with van der Waals surface area (Å²) in [4.78, 5) is 21.2. The van der Waals surface area contributed by atoms with E-state index in [1.54, 1.807) is 13.3 Å². The van der Waals surface area contributed by atoms with Crippen molar-refractivity contribution in [1.29, 1.82) is 0 Å². The van der Waals surface area contributed by atoms with Gasteiger partial charge in [-0.15, -0.1) is 0 Å². The highest BCUT2D eigenvalue weighted by atomic mass is 31.1. The molecule has 2 atom stereocenters. The quantitative estimate of drug-likeness (QED) is 0.430. The standard InChI is InChI=1S/C5H6NO2P/c1-2-3-4(7)9-5(8)6-3/h2-3,9H,1H3/p+1. The molecule has 2 unspecified atom stereocenters. The zero-order chi connectivity index (χ0) is 6.85. The number of hydrogen-bond donors (Lipinski definition) is 1. The van der Waals surface area contributed by atoms with Crippen LogP contribution in [-0.2, 0) is 4.79 Å². The highest BCUT2D eigenvalue weighted by Crippen LogP contribution is 2.23. The van der Waals surface area contributed by atoms with E-state index < -0.39 is 0 Å². The second kappa shape index (κ2) is 2.36. The van der Waals surface area contributed by atoms with Crippen LogP contribution in [0.15, 0.2) is 0 Å². The molecule has 0 aromatic carbocycles. The lowest BCUT2D eigenvalue weighted by atomic mass is 10.3. The Bertz CT molecular complexity index is 157. The number of carbonyl (C=O) groups is 2. The average Bonchev–Trinajstić information content (AvgIpc) is 2.10. The second-order valence-corrected chi connectivity index (χ2v) is 2.97. The van der Waals surface area contributed by atoms with Crippen LogP contribution in [-0.4, -0.2) is 17.2 Å². The molecule has 0 aromatic heterocycles. The van der Waals surface area contributed by atoms with E-state index in [9.17, 15) is 9.59 Å². The first-order valence-electron chi connectivity index (χ1n) is 2.65. The van der Waals surface area contributed by atoms with E-state index in [0.717, 1.165) is 0 Å². The summed E-state index contributed by atoms with van der Waals surface area (Å²) in [6, 6.07) is -0.309. The van der Waals surface area contributed by atoms with Crippen molar-refractivity contribution in [2.75, 3.05) is 0 Å². The Balaban J connectivity index is 2.58. The van der Waals surface area contributed by atoms with Gasteiger partial charge in [0.05, 0.1) is 15.5 Å². The van der Waals surface area contributed by atoms with Gasteiger partial charge in [-0.3, -0.25) is 9.59 Å². The van der Waals surface area contributed by atoms with Crippen LogP contribution >= 0.6 is 8.58 Å². The SMILES string of the molecule is C[CH+]C1NC(=O)PC1=O. The molecule has 0 saturated carbocycles. The van der Waals surface area contributed by atoms with E-state index in [1.165, 1.54) is 0 Å². The topological polar surface area (TPSA) is 46.2 Å². The summed E-state index contributed by atoms with van der Waals surface area (Å²) >= 11 is 0. The van der Waals surface area contributed by atoms with Crippen molar-refractivity contribution in [3.05, 3.63) is 6.42 Å². The van der Waals surface area contributed by atoms with Gasteiger partial charge in [0.1, 0.15) is 6.42 Å². The number of hydrogen-bond acceptors (Lipinski definition) is 2. The Labute approximate surface area is 55.0 Å². The highest BCUT2D eigenvalue weighted by molar-refractivity contribution is 7.74. The maximum atomic E-state index is 10.7. The largest absolute Gasteiger partial charge is 0.305 e. The van der Waals surface area contributed by atoms with Crippen LogP contribution in [0.2, 0.25) is 0 Å². The van der Waals surface area contributed by atoms with Crippen LogP contribution in [0.1, 0.15) is 6.92 Å². The van der Waals surface area contributed by atoms with Crippen LogP contribution in [0.25, 0.3) is 0 Å². The molecule has 1 amide bonds. The Morgan fingerprint density at radius 1 is 1.67 bits per heavy atom. The summed E-state index contributed by atoms with van der Waals surface area (Å²) < 4.78 is 0. The summed E-state index contributed by atoms with van der Waals surface area (Å²) in [5.74, 6) is 0. The predicted molar refractivity (Wildman–Crippen MR) is 35.6 cm³/mol. The normalized spacial score (nSPS) is 28.8. The van der Waals surface area contributed by atoms with E-state index in [2.05, 4.69) is 5.32 Å². The fourth-order valence-corrected chi connectivity index (χ4v) is 1.51. The first-order chi connectivity index (χ1) is 4.24. The van der Waals surface area contributed by atoms with E-state index in [0.29, 0.717) is 0 Å². The molecule has 0 aromatic rings. The van der Waals surface area contributed by atoms with Crippen molar-refractivity contribution in [1.82, 2.24) is 5.32 Å². The summed E-state index contributed by atoms with van der Waals surface area (Å²) in [5.41, 5.74) is -0.134. The van der Waals surface area contributed by atoms with Crippen molar-refractivity contribution in [3.63, 3.8) is 0 Å². The van der Waals surface area contributed by atoms with Crippen LogP contribution < -0.4 is 5.32 Å². The van der Waals surface area contributed by atoms with Crippen LogP contribution in [0.3, 0.4) is 0 Å². The molecule has 9 heavy (non-hydrogen) atoms. The summed E-state index contributed by atoms with van der Waals surface area (Å²) in [5, 5.41) is 2.52. The monoisotopic (exact) mass is 144 g/mol. The van der Waals surface area contributed by atoms with Crippen molar-refractivity contribution in [3.8, 4) is 0 Å². The summed E-state index contributed by atoms with van der Waals surface area (Å²) in [6.45, 7) is 1.76. The minimum absolute atomic E-state index is 0.00231. The van der Waals surface area contributed by atoms with Crippen molar-refractivity contribution >= 4 is 19.8 Å². The van der Waals surface area contributed by atoms with Crippen LogP contribution in [0.5, 0.6) is 0 Å². The third-order valence-corrected chi connectivity index (χ3v) is 2.07. The minimum atomic E-state index is -0.309. The van der Waals surface area contributed by atoms with Gasteiger partial charge in [0.25, 0.3) is 0 Å². The zero-order valence-electron chi connectivity index (χ0n) is 4.97. The lowest BCUT2D eigenvalue weighted by Gasteiger charge is -1.91. The molecule has 0 radical (unpaired) electrons. The first-order valence-corrected chi connectivity index (χ1v) is 3.65. The van der Waals surface area contributed by atoms with Crippen LogP contribution in [0, 0.1) is 6.42 Å². The third kappa shape index (κ3) is 1.22. The van der Waals surface area contributed by atoms with Gasteiger partial charge in [0.2, 0.25) is 17.2 Å². The smallest absolute Gasteiger partial charge is 0.249 e. The molecule has 1 saturated heterocycles. The summed E-state index contributed by atoms with van der Waals surface area (Å²) in [7, 11) is -0.177. The maximum absolute atomic E-state index is 10.7. The maximum Gasteiger partial charge on any atom is 0.249 e. The molecule has 1 N–H and O–H groups in total. The molecular weight excluding hydrogens is 137 g/mol. The minimum Gasteiger partial charge on any atom is -0.305 e. The third-order valence-electron chi connectivity index (χ3n) is 1.14. The molecule has 1 aliphatic heterocycles. The number of carbonyl (C=O) groups excluding carboxylic acids is 2. The molecular formula is C5H7NO2P+. The molecule has 1 heterocycles. The Kier molecular flexibility index (Phi) is 1.72. The van der Waals surface area contributed by atoms with Crippen LogP contribution in [0.4, 0.5) is 4.79 Å². The number of nitrogens with one attached hydrogen (secondary N) is 1.